The van der Waals surface area contributed by atoms with Crippen molar-refractivity contribution in [2.75, 3.05) is 13.2 Å². The molecule has 32 heteroatoms. The fourth-order valence-electron chi connectivity index (χ4n) is 9.68. The summed E-state index contributed by atoms with van der Waals surface area (Å²) in [7, 11) is 0. The van der Waals surface area contributed by atoms with Gasteiger partial charge in [0.05, 0.1) is 25.4 Å². The molecular weight excluding hydrogens is 1160 g/mol. The monoisotopic (exact) mass is 1220 g/mol. The lowest BCUT2D eigenvalue weighted by atomic mass is 9.98. The highest BCUT2D eigenvalue weighted by Gasteiger charge is 2.50. The van der Waals surface area contributed by atoms with E-state index in [-0.39, 0.29) is 22.3 Å². The van der Waals surface area contributed by atoms with Crippen molar-refractivity contribution in [3.8, 4) is 80.1 Å². The minimum atomic E-state index is -1.97. The van der Waals surface area contributed by atoms with E-state index in [1.54, 1.807) is 0 Å². The van der Waals surface area contributed by atoms with Crippen LogP contribution in [0.3, 0.4) is 0 Å². The second kappa shape index (κ2) is 25.1. The summed E-state index contributed by atoms with van der Waals surface area (Å²) >= 11 is 0. The van der Waals surface area contributed by atoms with E-state index in [4.69, 9.17) is 46.7 Å². The van der Waals surface area contributed by atoms with Crippen molar-refractivity contribution in [3.05, 3.63) is 81.1 Å². The zero-order chi connectivity index (χ0) is 62.7. The molecule has 0 saturated carbocycles. The van der Waals surface area contributed by atoms with Gasteiger partial charge in [0.15, 0.2) is 47.1 Å². The number of fused-ring (bicyclic) bond motifs is 2. The van der Waals surface area contributed by atoms with Gasteiger partial charge in [-0.1, -0.05) is 0 Å². The predicted molar refractivity (Wildman–Crippen MR) is 280 cm³/mol. The third-order valence-electron chi connectivity index (χ3n) is 14.6. The van der Waals surface area contributed by atoms with Crippen molar-refractivity contribution < 1.29 is 149 Å². The molecule has 0 spiro atoms. The van der Waals surface area contributed by atoms with Gasteiger partial charge >= 0.3 is 0 Å². The molecule has 4 aliphatic rings. The third-order valence-corrected chi connectivity index (χ3v) is 14.6. The maximum atomic E-state index is 13.6. The van der Waals surface area contributed by atoms with Gasteiger partial charge in [-0.25, -0.2) is 0 Å². The van der Waals surface area contributed by atoms with Crippen molar-refractivity contribution in [1.29, 1.82) is 0 Å². The molecular formula is C54H60O32. The topological polar surface area (TPSA) is 539 Å². The lowest BCUT2D eigenvalue weighted by Crippen LogP contribution is -2.61. The summed E-state index contributed by atoms with van der Waals surface area (Å²) in [5.74, 6) is -6.66. The van der Waals surface area contributed by atoms with E-state index in [1.807, 2.05) is 0 Å². The van der Waals surface area contributed by atoms with Crippen molar-refractivity contribution in [3.63, 3.8) is 0 Å². The van der Waals surface area contributed by atoms with E-state index in [9.17, 15) is 112 Å². The van der Waals surface area contributed by atoms with Gasteiger partial charge in [0, 0.05) is 35.4 Å². The van der Waals surface area contributed by atoms with Gasteiger partial charge in [0.1, 0.15) is 130 Å². The SMILES string of the molecule is C[C@@H]1O[C@@H](OC[C@H]2O[C@@H](Oc3c(-c4ccc(O)c(O)c4)oc4cc(O)cc(O)c4c3=O)[C@H](O)[C@@H](O)[C@@H]2O)[C@H](O)[C@H](O)[C@H]1O.C[C@@H]1O[C@@H](OC[C@H]2O[C@@H](Oc3c(-c4ccc(O)c(O)c4)oc4cc(O)cc(O)c4c3=O)[C@H](O)[C@@H](O)[C@@H]2O)[C@H](O)[C@H](O)[C@H]1O. The van der Waals surface area contributed by atoms with Gasteiger partial charge in [0.2, 0.25) is 34.9 Å². The molecule has 20 N–H and O–H groups in total. The Morgan fingerprint density at radius 2 is 0.709 bits per heavy atom. The van der Waals surface area contributed by atoms with Crippen LogP contribution in [-0.4, -0.2) is 238 Å². The summed E-state index contributed by atoms with van der Waals surface area (Å²) in [4.78, 5) is 27.1. The molecule has 4 fully saturated rings. The molecule has 0 amide bonds. The normalized spacial score (nSPS) is 33.0. The van der Waals surface area contributed by atoms with E-state index in [0.29, 0.717) is 0 Å². The van der Waals surface area contributed by atoms with Crippen molar-refractivity contribution in [2.24, 2.45) is 0 Å². The average molecular weight is 1220 g/mol. The van der Waals surface area contributed by atoms with Crippen LogP contribution in [0.2, 0.25) is 0 Å². The van der Waals surface area contributed by atoms with Gasteiger partial charge in [-0.3, -0.25) is 9.59 Å². The summed E-state index contributed by atoms with van der Waals surface area (Å²) in [5.41, 5.74) is -2.70. The number of hydrogen-bond donors (Lipinski definition) is 20. The van der Waals surface area contributed by atoms with Crippen LogP contribution >= 0.6 is 0 Å². The zero-order valence-corrected chi connectivity index (χ0v) is 44.6. The Morgan fingerprint density at radius 3 is 1.06 bits per heavy atom. The van der Waals surface area contributed by atoms with E-state index >= 15 is 0 Å². The molecule has 4 aliphatic heterocycles. The average Bonchev–Trinajstić information content (AvgIpc) is 0.960. The summed E-state index contributed by atoms with van der Waals surface area (Å²) in [5, 5.41) is 203. The van der Waals surface area contributed by atoms with Crippen LogP contribution in [-0.2, 0) is 28.4 Å². The van der Waals surface area contributed by atoms with Gasteiger partial charge in [-0.2, -0.15) is 0 Å². The van der Waals surface area contributed by atoms with Crippen LogP contribution in [0.25, 0.3) is 44.6 Å². The summed E-state index contributed by atoms with van der Waals surface area (Å²) in [6.45, 7) is 1.64. The molecule has 4 saturated heterocycles. The molecule has 0 aliphatic carbocycles. The number of benzene rings is 4. The lowest BCUT2D eigenvalue weighted by Gasteiger charge is -2.42. The largest absolute Gasteiger partial charge is 0.508 e. The first-order valence-corrected chi connectivity index (χ1v) is 26.0. The summed E-state index contributed by atoms with van der Waals surface area (Å²) in [6, 6.07) is 10.5. The Morgan fingerprint density at radius 1 is 0.372 bits per heavy atom. The highest BCUT2D eigenvalue weighted by molar-refractivity contribution is 5.89. The Bertz CT molecular complexity index is 3310. The van der Waals surface area contributed by atoms with Crippen molar-refractivity contribution in [1.82, 2.24) is 0 Å². The Kier molecular flexibility index (Phi) is 18.4. The lowest BCUT2D eigenvalue weighted by molar-refractivity contribution is -0.318. The van der Waals surface area contributed by atoms with Crippen molar-refractivity contribution in [2.45, 2.75) is 137 Å². The first-order chi connectivity index (χ1) is 40.6. The fourth-order valence-corrected chi connectivity index (χ4v) is 9.68. The maximum Gasteiger partial charge on any atom is 0.239 e. The first kappa shape index (κ1) is 63.1. The van der Waals surface area contributed by atoms with Crippen LogP contribution in [0, 0.1) is 0 Å². The molecule has 32 nitrogen and oxygen atoms in total. The van der Waals surface area contributed by atoms with Crippen LogP contribution in [0.1, 0.15) is 13.8 Å². The maximum absolute atomic E-state index is 13.6. The second-order valence-corrected chi connectivity index (χ2v) is 20.6. The number of aromatic hydroxyl groups is 8. The number of phenols is 8. The number of rotatable bonds is 12. The molecule has 0 radical (unpaired) electrons. The van der Waals surface area contributed by atoms with E-state index < -0.39 is 227 Å². The van der Waals surface area contributed by atoms with Crippen molar-refractivity contribution >= 4 is 21.9 Å². The second-order valence-electron chi connectivity index (χ2n) is 20.6. The van der Waals surface area contributed by atoms with Gasteiger partial charge in [-0.05, 0) is 50.2 Å². The van der Waals surface area contributed by atoms with Crippen LogP contribution in [0.4, 0.5) is 0 Å². The smallest absolute Gasteiger partial charge is 0.239 e. The van der Waals surface area contributed by atoms with Crippen LogP contribution in [0.5, 0.6) is 57.5 Å². The predicted octanol–water partition coefficient (Wildman–Crippen LogP) is -3.37. The Balaban J connectivity index is 0.000000205. The van der Waals surface area contributed by atoms with Gasteiger partial charge in [0.25, 0.3) is 0 Å². The standard InChI is InChI=1S/2C27H30O16/c2*1-8-17(32)20(35)22(37)26(40-8)39-7-15-18(33)21(36)23(38)27(42-15)43-25-19(34)16-13(31)5-10(28)6-14(16)41-24(25)9-2-3-11(29)12(30)4-9/h2*2-6,8,15,17-18,20-23,26-33,35-38H,7H2,1H3/t2*8-,15+,17-,18+,20+,21-,22+,23+,26+,27-/m00/s1. The van der Waals surface area contributed by atoms with Gasteiger partial charge < -0.3 is 149 Å². The Hall–Kier alpha value is -7.42. The third kappa shape index (κ3) is 12.3. The van der Waals surface area contributed by atoms with Gasteiger partial charge in [-0.15, -0.1) is 0 Å². The first-order valence-electron chi connectivity index (χ1n) is 26.0. The van der Waals surface area contributed by atoms with Crippen LogP contribution in [0.15, 0.2) is 79.1 Å². The molecule has 468 valence electrons. The number of aliphatic hydroxyl groups is 12. The van der Waals surface area contributed by atoms with Crippen LogP contribution < -0.4 is 20.3 Å². The molecule has 0 unspecified atom stereocenters. The highest BCUT2D eigenvalue weighted by atomic mass is 16.7. The number of hydrogen-bond acceptors (Lipinski definition) is 32. The quantitative estimate of drug-likeness (QED) is 0.0532. The van der Waals surface area contributed by atoms with E-state index in [2.05, 4.69) is 0 Å². The molecule has 2 aromatic heterocycles. The summed E-state index contributed by atoms with van der Waals surface area (Å²) < 4.78 is 55.6. The molecule has 4 aromatic carbocycles. The number of ether oxygens (including phenoxy) is 8. The molecule has 0 bridgehead atoms. The van der Waals surface area contributed by atoms with E-state index in [1.165, 1.54) is 26.0 Å². The molecule has 6 heterocycles. The zero-order valence-electron chi connectivity index (χ0n) is 44.6. The highest BCUT2D eigenvalue weighted by Crippen LogP contribution is 2.42. The molecule has 86 heavy (non-hydrogen) atoms. The molecule has 20 atom stereocenters. The van der Waals surface area contributed by atoms with E-state index in [0.717, 1.165) is 48.5 Å². The minimum absolute atomic E-state index is 0.0313. The molecule has 6 aromatic rings. The molecule has 10 rings (SSSR count). The number of aliphatic hydroxyl groups excluding tert-OH is 12. The Labute approximate surface area is 480 Å². The fraction of sp³-hybridized carbons (Fsp3) is 0.444. The minimum Gasteiger partial charge on any atom is -0.508 e. The number of phenolic OH excluding ortho intramolecular Hbond substituents is 8. The summed E-state index contributed by atoms with van der Waals surface area (Å²) in [6.07, 6.45) is -32.3.